The van der Waals surface area contributed by atoms with Crippen molar-refractivity contribution in [2.24, 2.45) is 0 Å². The number of hydrogen-bond acceptors (Lipinski definition) is 4. The van der Waals surface area contributed by atoms with Crippen molar-refractivity contribution in [1.29, 1.82) is 0 Å². The Hall–Kier alpha value is 2.27. The molecule has 0 saturated carbocycles. The second kappa shape index (κ2) is 9.32. The minimum absolute atomic E-state index is 0. The smallest absolute Gasteiger partial charge is 0.279 e. The van der Waals surface area contributed by atoms with Crippen molar-refractivity contribution in [3.05, 3.63) is 0 Å². The van der Waals surface area contributed by atoms with Crippen LogP contribution in [-0.2, 0) is 20.2 Å². The van der Waals surface area contributed by atoms with Crippen molar-refractivity contribution in [2.45, 2.75) is 11.0 Å². The average molecular weight is 617 g/mol. The molecule has 0 aliphatic heterocycles. The van der Waals surface area contributed by atoms with Gasteiger partial charge in [0.05, 0.1) is 0 Å². The fourth-order valence-electron chi connectivity index (χ4n) is 0. The van der Waals surface area contributed by atoms with E-state index in [1.807, 2.05) is 0 Å². The van der Waals surface area contributed by atoms with E-state index in [1.165, 1.54) is 0 Å². The van der Waals surface area contributed by atoms with Crippen molar-refractivity contribution in [3.63, 3.8) is 0 Å². The summed E-state index contributed by atoms with van der Waals surface area (Å²) in [5.74, 6) is 0. The Morgan fingerprint density at radius 3 is 0.722 bits per heavy atom. The van der Waals surface area contributed by atoms with Gasteiger partial charge in [-0.1, -0.05) is 0 Å². The Labute approximate surface area is 168 Å². The third kappa shape index (κ3) is 13.3. The van der Waals surface area contributed by atoms with Gasteiger partial charge in [0.2, 0.25) is 0 Å². The molecule has 18 heavy (non-hydrogen) atoms. The van der Waals surface area contributed by atoms with Crippen LogP contribution in [0.25, 0.3) is 0 Å². The molecule has 0 aliphatic carbocycles. The Bertz CT molecular complexity index is 380. The largest absolute Gasteiger partial charge is 0.522 e. The van der Waals surface area contributed by atoms with Crippen LogP contribution in [-0.4, -0.2) is 37.0 Å². The molecule has 0 atom stereocenters. The van der Waals surface area contributed by atoms with E-state index in [2.05, 4.69) is 0 Å². The second-order valence-corrected chi connectivity index (χ2v) is 4.67. The van der Waals surface area contributed by atoms with Crippen molar-refractivity contribution in [2.75, 3.05) is 0 Å². The SMILES string of the molecule is O=S(=O)(O)C(F)(F)F.O=S(=O)(O)C(F)(F)F.[Nd].[Yb]. The fraction of sp³-hybridized carbons (Fsp3) is 1.00. The molecule has 0 aromatic heterocycles. The second-order valence-electron chi connectivity index (χ2n) is 1.84. The first kappa shape index (κ1) is 28.4. The summed E-state index contributed by atoms with van der Waals surface area (Å²) in [5.41, 5.74) is -11.1. The molecule has 0 aromatic rings. The van der Waals surface area contributed by atoms with E-state index in [0.717, 1.165) is 0 Å². The molecule has 2 N–H and O–H groups in total. The molecule has 0 saturated heterocycles. The monoisotopic (exact) mass is 616 g/mol. The summed E-state index contributed by atoms with van der Waals surface area (Å²) in [4.78, 5) is 0. The third-order valence-electron chi connectivity index (χ3n) is 0.585. The van der Waals surface area contributed by atoms with Crippen LogP contribution >= 0.6 is 0 Å². The molecule has 0 amide bonds. The maximum Gasteiger partial charge on any atom is 0.522 e. The first-order chi connectivity index (χ1) is 6.50. The topological polar surface area (TPSA) is 109 Å². The Morgan fingerprint density at radius 2 is 0.722 bits per heavy atom. The molecule has 0 fully saturated rings. The van der Waals surface area contributed by atoms with E-state index in [1.54, 1.807) is 0 Å². The van der Waals surface area contributed by atoms with E-state index in [0.29, 0.717) is 0 Å². The molecule has 0 unspecified atom stereocenters. The fourth-order valence-corrected chi connectivity index (χ4v) is 0. The van der Waals surface area contributed by atoms with E-state index >= 15 is 0 Å². The predicted molar refractivity (Wildman–Crippen MR) is 35.2 cm³/mol. The van der Waals surface area contributed by atoms with Crippen molar-refractivity contribution < 1.29 is 140 Å². The van der Waals surface area contributed by atoms with E-state index in [9.17, 15) is 26.3 Å². The van der Waals surface area contributed by atoms with Crippen LogP contribution in [0.15, 0.2) is 0 Å². The predicted octanol–water partition coefficient (Wildman–Crippen LogP) is 0.788. The minimum Gasteiger partial charge on any atom is -0.279 e. The van der Waals surface area contributed by atoms with Gasteiger partial charge in [-0.15, -0.1) is 0 Å². The van der Waals surface area contributed by atoms with Gasteiger partial charge in [-0.3, -0.25) is 9.11 Å². The van der Waals surface area contributed by atoms with Crippen LogP contribution in [0.1, 0.15) is 0 Å². The van der Waals surface area contributed by atoms with Crippen molar-refractivity contribution >= 4 is 20.2 Å². The van der Waals surface area contributed by atoms with Gasteiger partial charge < -0.3 is 0 Å². The number of alkyl halides is 6. The summed E-state index contributed by atoms with van der Waals surface area (Å²) in [6, 6.07) is 0. The van der Waals surface area contributed by atoms with Crippen molar-refractivity contribution in [1.82, 2.24) is 0 Å². The van der Waals surface area contributed by atoms with Gasteiger partial charge >= 0.3 is 31.3 Å². The Kier molecular flexibility index (Phi) is 14.7. The molecule has 0 aromatic carbocycles. The van der Waals surface area contributed by atoms with Crippen LogP contribution in [0.3, 0.4) is 0 Å². The zero-order valence-corrected chi connectivity index (χ0v) is 13.9. The zero-order chi connectivity index (χ0) is 14.0. The number of halogens is 6. The molecular formula is C2H2F6NdO6S2Yb. The van der Waals surface area contributed by atoms with Crippen LogP contribution in [0.5, 0.6) is 0 Å². The number of rotatable bonds is 0. The summed E-state index contributed by atoms with van der Waals surface area (Å²) in [6.45, 7) is 0. The molecule has 0 bridgehead atoms. The van der Waals surface area contributed by atoms with Gasteiger partial charge in [-0.05, 0) is 0 Å². The Morgan fingerprint density at radius 1 is 0.667 bits per heavy atom. The summed E-state index contributed by atoms with van der Waals surface area (Å²) in [6.07, 6.45) is 0. The molecule has 6 nitrogen and oxygen atoms in total. The minimum atomic E-state index is -5.84. The summed E-state index contributed by atoms with van der Waals surface area (Å²) >= 11 is 0. The first-order valence-electron chi connectivity index (χ1n) is 2.57. The van der Waals surface area contributed by atoms with Crippen LogP contribution in [0, 0.1) is 87.8 Å². The molecule has 0 radical (unpaired) electrons. The maximum atomic E-state index is 10.7. The molecule has 0 heterocycles. The van der Waals surface area contributed by atoms with E-state index in [-0.39, 0.29) is 87.8 Å². The average Bonchev–Trinajstić information content (AvgIpc) is 1.77. The van der Waals surface area contributed by atoms with Gasteiger partial charge in [0.25, 0.3) is 0 Å². The normalized spacial score (nSPS) is 12.4. The molecule has 16 heteroatoms. The molecule has 118 valence electrons. The van der Waals surface area contributed by atoms with Crippen LogP contribution in [0.2, 0.25) is 0 Å². The quantitative estimate of drug-likeness (QED) is 0.237. The van der Waals surface area contributed by atoms with Gasteiger partial charge in [-0.2, -0.15) is 43.2 Å². The zero-order valence-electron chi connectivity index (χ0n) is 7.38. The summed E-state index contributed by atoms with van der Waals surface area (Å²) < 4.78 is 115. The van der Waals surface area contributed by atoms with Gasteiger partial charge in [0.1, 0.15) is 0 Å². The van der Waals surface area contributed by atoms with Gasteiger partial charge in [-0.25, -0.2) is 0 Å². The molecule has 0 rings (SSSR count). The summed E-state index contributed by atoms with van der Waals surface area (Å²) in [7, 11) is -11.7. The Balaban J connectivity index is -0.0000000980. The van der Waals surface area contributed by atoms with Gasteiger partial charge in [0.15, 0.2) is 0 Å². The summed E-state index contributed by atoms with van der Waals surface area (Å²) in [5, 5.41) is 0. The van der Waals surface area contributed by atoms with E-state index < -0.39 is 31.3 Å². The maximum absolute atomic E-state index is 10.7. The first-order valence-corrected chi connectivity index (χ1v) is 5.45. The molecular weight excluding hydrogens is 615 g/mol. The molecule has 0 aliphatic rings. The third-order valence-corrected chi connectivity index (χ3v) is 1.75. The standard InChI is InChI=1S/2CHF3O3S.Nd.Yb/c2*2-1(3,4)8(5,6)7;;/h2*(H,5,6,7);;. The number of hydrogen-bond donors (Lipinski definition) is 2. The van der Waals surface area contributed by atoms with Gasteiger partial charge in [0, 0.05) is 87.8 Å². The molecule has 0 spiro atoms. The van der Waals surface area contributed by atoms with Crippen LogP contribution in [0.4, 0.5) is 26.3 Å². The van der Waals surface area contributed by atoms with Crippen molar-refractivity contribution in [3.8, 4) is 0 Å². The van der Waals surface area contributed by atoms with E-state index in [4.69, 9.17) is 25.9 Å². The van der Waals surface area contributed by atoms with Crippen LogP contribution < -0.4 is 0 Å².